The van der Waals surface area contributed by atoms with Gasteiger partial charge in [0, 0.05) is 32.6 Å². The van der Waals surface area contributed by atoms with Gasteiger partial charge in [0.1, 0.15) is 0 Å². The molecule has 0 aromatic carbocycles. The number of likely N-dealkylation sites (N-methyl/N-ethyl adjacent to an activating group) is 1. The molecule has 0 aromatic heterocycles. The van der Waals surface area contributed by atoms with Crippen LogP contribution in [0.2, 0.25) is 0 Å². The second-order valence-corrected chi connectivity index (χ2v) is 3.40. The molecule has 1 aliphatic heterocycles. The fraction of sp³-hybridized carbons (Fsp3) is 0.889. The van der Waals surface area contributed by atoms with Crippen LogP contribution >= 0.6 is 0 Å². The quantitative estimate of drug-likeness (QED) is 0.658. The molecule has 1 fully saturated rings. The molecule has 1 saturated heterocycles. The molecule has 1 aliphatic rings. The van der Waals surface area contributed by atoms with Crippen LogP contribution in [0.3, 0.4) is 0 Å². The van der Waals surface area contributed by atoms with E-state index >= 15 is 0 Å². The Morgan fingerprint density at radius 3 is 3.08 bits per heavy atom. The van der Waals surface area contributed by atoms with Crippen molar-refractivity contribution in [1.82, 2.24) is 10.2 Å². The third kappa shape index (κ3) is 2.21. The number of rotatable bonds is 2. The van der Waals surface area contributed by atoms with Crippen molar-refractivity contribution >= 4 is 5.91 Å². The summed E-state index contributed by atoms with van der Waals surface area (Å²) in [6.07, 6.45) is 2.90. The van der Waals surface area contributed by atoms with Gasteiger partial charge in [-0.15, -0.1) is 0 Å². The summed E-state index contributed by atoms with van der Waals surface area (Å²) < 4.78 is 0. The Labute approximate surface area is 74.1 Å². The highest BCUT2D eigenvalue weighted by Crippen LogP contribution is 2.08. The second kappa shape index (κ2) is 4.45. The van der Waals surface area contributed by atoms with Crippen LogP contribution in [0.15, 0.2) is 0 Å². The van der Waals surface area contributed by atoms with Crippen molar-refractivity contribution in [3.63, 3.8) is 0 Å². The van der Waals surface area contributed by atoms with Crippen molar-refractivity contribution in [2.45, 2.75) is 32.2 Å². The molecule has 1 unspecified atom stereocenters. The lowest BCUT2D eigenvalue weighted by Gasteiger charge is -2.25. The maximum atomic E-state index is 11.4. The Bertz CT molecular complexity index is 159. The zero-order chi connectivity index (χ0) is 8.97. The number of carbonyl (C=O) groups excluding carboxylic acids is 1. The molecule has 1 amide bonds. The van der Waals surface area contributed by atoms with Gasteiger partial charge in [-0.3, -0.25) is 4.79 Å². The van der Waals surface area contributed by atoms with Gasteiger partial charge in [-0.1, -0.05) is 13.3 Å². The Kier molecular flexibility index (Phi) is 3.53. The molecule has 1 N–H and O–H groups in total. The molecule has 0 bridgehead atoms. The normalized spacial score (nSPS) is 25.7. The first-order valence-corrected chi connectivity index (χ1v) is 4.72. The van der Waals surface area contributed by atoms with Gasteiger partial charge in [-0.25, -0.2) is 0 Å². The van der Waals surface area contributed by atoms with Crippen LogP contribution in [0.4, 0.5) is 0 Å². The minimum absolute atomic E-state index is 0.276. The van der Waals surface area contributed by atoms with Crippen LogP contribution in [0.1, 0.15) is 26.2 Å². The molecule has 0 aromatic rings. The molecule has 3 heteroatoms. The molecule has 1 heterocycles. The summed E-state index contributed by atoms with van der Waals surface area (Å²) in [5.41, 5.74) is 0. The maximum absolute atomic E-state index is 11.4. The van der Waals surface area contributed by atoms with Crippen molar-refractivity contribution in [2.75, 3.05) is 20.1 Å². The van der Waals surface area contributed by atoms with E-state index in [-0.39, 0.29) is 5.91 Å². The number of hydrogen-bond acceptors (Lipinski definition) is 2. The molecule has 70 valence electrons. The minimum Gasteiger partial charge on any atom is -0.341 e. The summed E-state index contributed by atoms with van der Waals surface area (Å²) in [5.74, 6) is 0.276. The highest BCUT2D eigenvalue weighted by atomic mass is 16.2. The third-order valence-electron chi connectivity index (χ3n) is 2.46. The minimum atomic E-state index is 0.276. The Morgan fingerprint density at radius 1 is 1.67 bits per heavy atom. The Morgan fingerprint density at radius 2 is 2.42 bits per heavy atom. The lowest BCUT2D eigenvalue weighted by Crippen LogP contribution is -2.39. The van der Waals surface area contributed by atoms with E-state index in [1.807, 2.05) is 11.9 Å². The number of nitrogens with one attached hydrogen (secondary N) is 1. The maximum Gasteiger partial charge on any atom is 0.223 e. The molecule has 0 saturated carbocycles. The SMILES string of the molecule is CCCC1CNCCC(=O)N1C. The van der Waals surface area contributed by atoms with E-state index in [9.17, 15) is 4.79 Å². The van der Waals surface area contributed by atoms with Crippen molar-refractivity contribution in [2.24, 2.45) is 0 Å². The molecule has 1 atom stereocenters. The van der Waals surface area contributed by atoms with Gasteiger partial charge >= 0.3 is 0 Å². The second-order valence-electron chi connectivity index (χ2n) is 3.40. The summed E-state index contributed by atoms with van der Waals surface area (Å²) >= 11 is 0. The van der Waals surface area contributed by atoms with Gasteiger partial charge in [-0.05, 0) is 6.42 Å². The topological polar surface area (TPSA) is 32.3 Å². The van der Waals surface area contributed by atoms with E-state index in [1.54, 1.807) is 0 Å². The van der Waals surface area contributed by atoms with Gasteiger partial charge < -0.3 is 10.2 Å². The summed E-state index contributed by atoms with van der Waals surface area (Å²) in [7, 11) is 1.91. The van der Waals surface area contributed by atoms with Crippen LogP contribution in [0, 0.1) is 0 Å². The fourth-order valence-corrected chi connectivity index (χ4v) is 1.61. The van der Waals surface area contributed by atoms with Gasteiger partial charge in [0.05, 0.1) is 0 Å². The molecule has 0 radical (unpaired) electrons. The van der Waals surface area contributed by atoms with E-state index in [2.05, 4.69) is 12.2 Å². The van der Waals surface area contributed by atoms with Gasteiger partial charge in [0.2, 0.25) is 5.91 Å². The molecule has 1 rings (SSSR count). The van der Waals surface area contributed by atoms with Gasteiger partial charge in [-0.2, -0.15) is 0 Å². The molecule has 3 nitrogen and oxygen atoms in total. The van der Waals surface area contributed by atoms with E-state index in [0.717, 1.165) is 25.9 Å². The van der Waals surface area contributed by atoms with E-state index in [1.165, 1.54) is 0 Å². The van der Waals surface area contributed by atoms with Gasteiger partial charge in [0.15, 0.2) is 0 Å². The van der Waals surface area contributed by atoms with Crippen molar-refractivity contribution < 1.29 is 4.79 Å². The standard InChI is InChI=1S/C9H18N2O/c1-3-4-8-7-10-6-5-9(12)11(8)2/h8,10H,3-7H2,1-2H3. The van der Waals surface area contributed by atoms with Crippen LogP contribution in [0.5, 0.6) is 0 Å². The Hall–Kier alpha value is -0.570. The van der Waals surface area contributed by atoms with Gasteiger partial charge in [0.25, 0.3) is 0 Å². The summed E-state index contributed by atoms with van der Waals surface area (Å²) in [6.45, 7) is 3.95. The number of carbonyl (C=O) groups is 1. The largest absolute Gasteiger partial charge is 0.341 e. The first-order valence-electron chi connectivity index (χ1n) is 4.72. The molecule has 12 heavy (non-hydrogen) atoms. The highest BCUT2D eigenvalue weighted by molar-refractivity contribution is 5.76. The third-order valence-corrected chi connectivity index (χ3v) is 2.46. The average Bonchev–Trinajstić information content (AvgIpc) is 2.20. The zero-order valence-electron chi connectivity index (χ0n) is 7.97. The predicted molar refractivity (Wildman–Crippen MR) is 49.0 cm³/mol. The smallest absolute Gasteiger partial charge is 0.223 e. The summed E-state index contributed by atoms with van der Waals surface area (Å²) in [4.78, 5) is 13.3. The zero-order valence-corrected chi connectivity index (χ0v) is 7.97. The molecular weight excluding hydrogens is 152 g/mol. The van der Waals surface area contributed by atoms with Crippen molar-refractivity contribution in [3.05, 3.63) is 0 Å². The first-order chi connectivity index (χ1) is 5.75. The van der Waals surface area contributed by atoms with E-state index < -0.39 is 0 Å². The average molecular weight is 170 g/mol. The lowest BCUT2D eigenvalue weighted by molar-refractivity contribution is -0.131. The van der Waals surface area contributed by atoms with Crippen LogP contribution in [0.25, 0.3) is 0 Å². The monoisotopic (exact) mass is 170 g/mol. The predicted octanol–water partition coefficient (Wildman–Crippen LogP) is 0.607. The number of hydrogen-bond donors (Lipinski definition) is 1. The van der Waals surface area contributed by atoms with E-state index in [4.69, 9.17) is 0 Å². The van der Waals surface area contributed by atoms with Crippen LogP contribution in [-0.4, -0.2) is 37.0 Å². The first kappa shape index (κ1) is 9.52. The lowest BCUT2D eigenvalue weighted by atomic mass is 10.1. The van der Waals surface area contributed by atoms with E-state index in [0.29, 0.717) is 12.5 Å². The summed E-state index contributed by atoms with van der Waals surface area (Å²) in [6, 6.07) is 0.407. The summed E-state index contributed by atoms with van der Waals surface area (Å²) in [5, 5.41) is 3.28. The fourth-order valence-electron chi connectivity index (χ4n) is 1.61. The highest BCUT2D eigenvalue weighted by Gasteiger charge is 2.21. The molecular formula is C9H18N2O. The number of nitrogens with zero attached hydrogens (tertiary/aromatic N) is 1. The van der Waals surface area contributed by atoms with Crippen molar-refractivity contribution in [3.8, 4) is 0 Å². The Balaban J connectivity index is 2.51. The number of amides is 1. The molecule has 0 spiro atoms. The molecule has 0 aliphatic carbocycles. The van der Waals surface area contributed by atoms with Crippen LogP contribution in [-0.2, 0) is 4.79 Å². The van der Waals surface area contributed by atoms with Crippen LogP contribution < -0.4 is 5.32 Å². The van der Waals surface area contributed by atoms with Crippen molar-refractivity contribution in [1.29, 1.82) is 0 Å².